The van der Waals surface area contributed by atoms with Crippen LogP contribution in [0.15, 0.2) is 120 Å². The van der Waals surface area contributed by atoms with Crippen molar-refractivity contribution in [1.29, 1.82) is 0 Å². The number of nitrogens with one attached hydrogen (secondary N) is 4. The minimum absolute atomic E-state index is 0.0216. The zero-order valence-electron chi connectivity index (χ0n) is 31.9. The lowest BCUT2D eigenvalue weighted by atomic mass is 10.0. The van der Waals surface area contributed by atoms with Gasteiger partial charge in [-0.1, -0.05) is 105 Å². The Morgan fingerprint density at radius 2 is 1.21 bits per heavy atom. The number of carbonyl (C=O) groups is 5. The third-order valence-electron chi connectivity index (χ3n) is 8.93. The summed E-state index contributed by atoms with van der Waals surface area (Å²) < 4.78 is 0. The topological polar surface area (TPSA) is 201 Å². The van der Waals surface area contributed by atoms with Crippen LogP contribution < -0.4 is 37.6 Å². The van der Waals surface area contributed by atoms with E-state index in [9.17, 15) is 24.0 Å². The standard InChI is InChI=1S/C43H52N8O5/c1-30(2)39(42(56)49-36(26-31-14-6-3-7-15-31)41(55)48-28-33-18-10-5-11-19-33)50-40(54)34-21-23-35(24-22-34)51(38(53)20-12-13-25-46-43(44)45)29-37(52)47-27-32-16-8-4-9-17-32/h3-11,14-19,21-24,30,36,39H,12-13,20,25-29H2,1-2H3,(H,47,52)(H,48,55)(H,49,56)(H,50,54)(H4,44,45,46)/t36-,39-/m0/s1. The predicted molar refractivity (Wildman–Crippen MR) is 218 cm³/mol. The molecule has 0 radical (unpaired) electrons. The molecule has 0 aliphatic carbocycles. The molecule has 4 rings (SSSR count). The molecule has 0 bridgehead atoms. The number of anilines is 1. The summed E-state index contributed by atoms with van der Waals surface area (Å²) in [7, 11) is 0. The van der Waals surface area contributed by atoms with E-state index in [1.807, 2.05) is 91.0 Å². The van der Waals surface area contributed by atoms with Crippen molar-refractivity contribution in [2.24, 2.45) is 22.4 Å². The van der Waals surface area contributed by atoms with Crippen LogP contribution in [0.4, 0.5) is 5.69 Å². The number of guanidine groups is 1. The molecule has 294 valence electrons. The molecule has 13 nitrogen and oxygen atoms in total. The van der Waals surface area contributed by atoms with E-state index in [1.165, 1.54) is 17.0 Å². The van der Waals surface area contributed by atoms with Crippen molar-refractivity contribution in [3.8, 4) is 0 Å². The first kappa shape index (κ1) is 42.2. The van der Waals surface area contributed by atoms with Gasteiger partial charge in [-0.15, -0.1) is 0 Å². The van der Waals surface area contributed by atoms with Gasteiger partial charge in [-0.2, -0.15) is 0 Å². The summed E-state index contributed by atoms with van der Waals surface area (Å²) >= 11 is 0. The highest BCUT2D eigenvalue weighted by atomic mass is 16.2. The molecule has 0 fully saturated rings. The summed E-state index contributed by atoms with van der Waals surface area (Å²) in [6.07, 6.45) is 1.47. The molecular formula is C43H52N8O5. The summed E-state index contributed by atoms with van der Waals surface area (Å²) in [5.74, 6) is -2.34. The summed E-state index contributed by atoms with van der Waals surface area (Å²) in [4.78, 5) is 72.5. The number of nitrogens with zero attached hydrogens (tertiary/aromatic N) is 2. The van der Waals surface area contributed by atoms with Gasteiger partial charge in [0.1, 0.15) is 18.6 Å². The van der Waals surface area contributed by atoms with E-state index >= 15 is 0 Å². The average molecular weight is 761 g/mol. The van der Waals surface area contributed by atoms with Crippen LogP contribution in [-0.4, -0.2) is 60.7 Å². The van der Waals surface area contributed by atoms with Gasteiger partial charge >= 0.3 is 0 Å². The molecule has 0 spiro atoms. The maximum Gasteiger partial charge on any atom is 0.251 e. The lowest BCUT2D eigenvalue weighted by Gasteiger charge is -2.26. The lowest BCUT2D eigenvalue weighted by molar-refractivity contribution is -0.130. The Kier molecular flexibility index (Phi) is 16.6. The fourth-order valence-corrected chi connectivity index (χ4v) is 5.83. The van der Waals surface area contributed by atoms with Crippen LogP contribution in [0.2, 0.25) is 0 Å². The van der Waals surface area contributed by atoms with Gasteiger partial charge in [0.15, 0.2) is 5.96 Å². The monoisotopic (exact) mass is 760 g/mol. The molecule has 0 saturated heterocycles. The molecule has 2 atom stereocenters. The fourth-order valence-electron chi connectivity index (χ4n) is 5.83. The van der Waals surface area contributed by atoms with Crippen LogP contribution in [0.3, 0.4) is 0 Å². The van der Waals surface area contributed by atoms with Crippen LogP contribution in [0.5, 0.6) is 0 Å². The number of hydrogen-bond donors (Lipinski definition) is 6. The van der Waals surface area contributed by atoms with Crippen LogP contribution in [0.1, 0.15) is 60.2 Å². The fraction of sp³-hybridized carbons (Fsp3) is 0.302. The molecule has 0 heterocycles. The van der Waals surface area contributed by atoms with Gasteiger partial charge in [-0.3, -0.25) is 29.0 Å². The van der Waals surface area contributed by atoms with Crippen LogP contribution in [-0.2, 0) is 38.7 Å². The zero-order valence-corrected chi connectivity index (χ0v) is 31.9. The molecule has 5 amide bonds. The van der Waals surface area contributed by atoms with E-state index in [-0.39, 0.29) is 54.5 Å². The van der Waals surface area contributed by atoms with E-state index in [2.05, 4.69) is 26.3 Å². The zero-order chi connectivity index (χ0) is 40.3. The third-order valence-corrected chi connectivity index (χ3v) is 8.93. The molecule has 0 saturated carbocycles. The second-order valence-electron chi connectivity index (χ2n) is 13.7. The summed E-state index contributed by atoms with van der Waals surface area (Å²) in [5.41, 5.74) is 14.2. The number of aliphatic imine (C=N–C) groups is 1. The number of unbranched alkanes of at least 4 members (excludes halogenated alkanes) is 1. The Labute approximate surface area is 328 Å². The maximum atomic E-state index is 13.7. The highest BCUT2D eigenvalue weighted by Gasteiger charge is 2.29. The first-order chi connectivity index (χ1) is 27.0. The molecule has 0 aliphatic rings. The van der Waals surface area contributed by atoms with E-state index in [1.54, 1.807) is 26.0 Å². The summed E-state index contributed by atoms with van der Waals surface area (Å²) in [6.45, 7) is 4.35. The van der Waals surface area contributed by atoms with Gasteiger partial charge < -0.3 is 37.6 Å². The molecule has 4 aromatic carbocycles. The van der Waals surface area contributed by atoms with E-state index in [0.717, 1.165) is 16.7 Å². The quantitative estimate of drug-likeness (QED) is 0.0449. The van der Waals surface area contributed by atoms with Gasteiger partial charge in [0.25, 0.3) is 5.91 Å². The van der Waals surface area contributed by atoms with E-state index in [0.29, 0.717) is 38.2 Å². The number of hydrogen-bond acceptors (Lipinski definition) is 6. The Morgan fingerprint density at radius 1 is 0.661 bits per heavy atom. The summed E-state index contributed by atoms with van der Waals surface area (Å²) in [5, 5.41) is 11.5. The van der Waals surface area contributed by atoms with Crippen molar-refractivity contribution < 1.29 is 24.0 Å². The summed E-state index contributed by atoms with van der Waals surface area (Å²) in [6, 6.07) is 32.7. The van der Waals surface area contributed by atoms with Crippen molar-refractivity contribution in [3.63, 3.8) is 0 Å². The number of rotatable bonds is 20. The molecule has 0 unspecified atom stereocenters. The Balaban J connectivity index is 1.44. The number of nitrogens with two attached hydrogens (primary N) is 2. The molecular weight excluding hydrogens is 709 g/mol. The van der Waals surface area contributed by atoms with Gasteiger partial charge in [0.05, 0.1) is 0 Å². The molecule has 13 heteroatoms. The third kappa shape index (κ3) is 14.0. The van der Waals surface area contributed by atoms with E-state index in [4.69, 9.17) is 11.5 Å². The number of benzene rings is 4. The SMILES string of the molecule is CC(C)[C@H](NC(=O)c1ccc(N(CC(=O)NCc2ccccc2)C(=O)CCCCN=C(N)N)cc1)C(=O)N[C@@H](Cc1ccccc1)C(=O)NCc1ccccc1. The normalized spacial score (nSPS) is 11.8. The largest absolute Gasteiger partial charge is 0.370 e. The van der Waals surface area contributed by atoms with Crippen molar-refractivity contribution in [2.45, 2.75) is 64.7 Å². The van der Waals surface area contributed by atoms with Crippen molar-refractivity contribution in [1.82, 2.24) is 21.3 Å². The molecule has 0 aliphatic heterocycles. The van der Waals surface area contributed by atoms with Crippen LogP contribution in [0.25, 0.3) is 0 Å². The Morgan fingerprint density at radius 3 is 1.77 bits per heavy atom. The highest BCUT2D eigenvalue weighted by molar-refractivity contribution is 6.01. The highest BCUT2D eigenvalue weighted by Crippen LogP contribution is 2.18. The second kappa shape index (κ2) is 22.0. The molecule has 8 N–H and O–H groups in total. The average Bonchev–Trinajstić information content (AvgIpc) is 3.20. The Hall–Kier alpha value is -6.50. The molecule has 4 aromatic rings. The Bertz CT molecular complexity index is 1900. The van der Waals surface area contributed by atoms with Crippen LogP contribution >= 0.6 is 0 Å². The van der Waals surface area contributed by atoms with Crippen molar-refractivity contribution in [2.75, 3.05) is 18.0 Å². The number of amides is 5. The van der Waals surface area contributed by atoms with Crippen molar-refractivity contribution in [3.05, 3.63) is 138 Å². The smallest absolute Gasteiger partial charge is 0.251 e. The van der Waals surface area contributed by atoms with Crippen molar-refractivity contribution >= 4 is 41.2 Å². The molecule has 56 heavy (non-hydrogen) atoms. The van der Waals surface area contributed by atoms with Gasteiger partial charge in [0, 0.05) is 43.7 Å². The maximum absolute atomic E-state index is 13.7. The van der Waals surface area contributed by atoms with Gasteiger partial charge in [-0.25, -0.2) is 0 Å². The van der Waals surface area contributed by atoms with Crippen LogP contribution in [0, 0.1) is 5.92 Å². The predicted octanol–water partition coefficient (Wildman–Crippen LogP) is 3.58. The van der Waals surface area contributed by atoms with Gasteiger partial charge in [-0.05, 0) is 59.7 Å². The van der Waals surface area contributed by atoms with E-state index < -0.39 is 23.9 Å². The number of carbonyl (C=O) groups excluding carboxylic acids is 5. The first-order valence-corrected chi connectivity index (χ1v) is 18.7. The molecule has 0 aromatic heterocycles. The minimum Gasteiger partial charge on any atom is -0.370 e. The van der Waals surface area contributed by atoms with Gasteiger partial charge in [0.2, 0.25) is 23.6 Å². The minimum atomic E-state index is -0.965. The first-order valence-electron chi connectivity index (χ1n) is 18.7. The second-order valence-corrected chi connectivity index (χ2v) is 13.7. The lowest BCUT2D eigenvalue weighted by Crippen LogP contribution is -2.56.